The zero-order valence-electron chi connectivity index (χ0n) is 32.1. The van der Waals surface area contributed by atoms with Crippen LogP contribution in [0, 0.1) is 0 Å². The maximum atomic E-state index is 12.3. The summed E-state index contributed by atoms with van der Waals surface area (Å²) >= 11 is 0. The molecule has 13 nitrogen and oxygen atoms in total. The third-order valence-electron chi connectivity index (χ3n) is 8.96. The van der Waals surface area contributed by atoms with Gasteiger partial charge in [-0.3, -0.25) is 33.7 Å². The molecule has 292 valence electrons. The minimum absolute atomic E-state index is 0.0435. The Morgan fingerprint density at radius 3 is 1.86 bits per heavy atom. The fourth-order valence-corrected chi connectivity index (χ4v) is 5.53. The first-order valence-electron chi connectivity index (χ1n) is 19.1. The van der Waals surface area contributed by atoms with Crippen molar-refractivity contribution >= 4 is 35.4 Å². The van der Waals surface area contributed by atoms with E-state index in [1.54, 1.807) is 0 Å². The fourth-order valence-electron chi connectivity index (χ4n) is 5.53. The average Bonchev–Trinajstić information content (AvgIpc) is 3.37. The van der Waals surface area contributed by atoms with Gasteiger partial charge in [0.2, 0.25) is 23.6 Å². The maximum absolute atomic E-state index is 12.3. The highest BCUT2D eigenvalue weighted by molar-refractivity contribution is 6.13. The summed E-state index contributed by atoms with van der Waals surface area (Å²) in [6.07, 6.45) is 16.5. The van der Waals surface area contributed by atoms with Crippen LogP contribution in [0.4, 0.5) is 0 Å². The number of rotatable bonds is 31. The molecule has 5 N–H and O–H groups in total. The van der Waals surface area contributed by atoms with Gasteiger partial charge in [0.05, 0.1) is 24.4 Å². The number of imide groups is 1. The van der Waals surface area contributed by atoms with E-state index in [1.165, 1.54) is 50.7 Å². The summed E-state index contributed by atoms with van der Waals surface area (Å²) in [7, 11) is 0. The number of nitrogens with two attached hydrogens (primary N) is 1. The lowest BCUT2D eigenvalue weighted by Crippen LogP contribution is -2.44. The van der Waals surface area contributed by atoms with Crippen molar-refractivity contribution in [3.63, 3.8) is 0 Å². The Kier molecular flexibility index (Phi) is 22.9. The summed E-state index contributed by atoms with van der Waals surface area (Å²) < 4.78 is 12.0. The van der Waals surface area contributed by atoms with Crippen molar-refractivity contribution in [2.75, 3.05) is 32.8 Å². The summed E-state index contributed by atoms with van der Waals surface area (Å²) in [6, 6.07) is -0.700. The number of ether oxygens (including phenoxy) is 2. The van der Waals surface area contributed by atoms with Crippen LogP contribution in [-0.2, 0) is 38.2 Å². The average molecular weight is 722 g/mol. The Balaban J connectivity index is 2.12. The van der Waals surface area contributed by atoms with Gasteiger partial charge in [-0.1, -0.05) is 58.3 Å². The van der Waals surface area contributed by atoms with Gasteiger partial charge in [0.1, 0.15) is 6.04 Å². The molecule has 0 aromatic heterocycles. The minimum atomic E-state index is -0.700. The Hall–Kier alpha value is -3.32. The van der Waals surface area contributed by atoms with E-state index in [-0.39, 0.29) is 43.7 Å². The number of primary amides is 1. The number of carbonyl (C=O) groups excluding carboxylic acids is 6. The second-order valence-corrected chi connectivity index (χ2v) is 14.7. The van der Waals surface area contributed by atoms with E-state index in [2.05, 4.69) is 22.9 Å². The third-order valence-corrected chi connectivity index (χ3v) is 8.96. The summed E-state index contributed by atoms with van der Waals surface area (Å²) in [4.78, 5) is 72.9. The van der Waals surface area contributed by atoms with Crippen molar-refractivity contribution in [3.8, 4) is 0 Å². The molecule has 0 fully saturated rings. The van der Waals surface area contributed by atoms with Crippen molar-refractivity contribution in [1.29, 1.82) is 0 Å². The van der Waals surface area contributed by atoms with Gasteiger partial charge in [0, 0.05) is 51.0 Å². The lowest BCUT2D eigenvalue weighted by Gasteiger charge is -2.30. The topological polar surface area (TPSA) is 186 Å². The van der Waals surface area contributed by atoms with Crippen LogP contribution in [-0.4, -0.2) is 90.4 Å². The largest absolute Gasteiger partial charge is 0.375 e. The Morgan fingerprint density at radius 1 is 0.686 bits per heavy atom. The van der Waals surface area contributed by atoms with E-state index in [0.29, 0.717) is 58.2 Å². The number of nitrogens with one attached hydrogen (secondary N) is 3. The van der Waals surface area contributed by atoms with Crippen LogP contribution >= 0.6 is 0 Å². The van der Waals surface area contributed by atoms with E-state index in [4.69, 9.17) is 15.2 Å². The lowest BCUT2D eigenvalue weighted by atomic mass is 10.0. The summed E-state index contributed by atoms with van der Waals surface area (Å²) in [5.74, 6) is -1.85. The number of hydrogen-bond acceptors (Lipinski definition) is 8. The van der Waals surface area contributed by atoms with Crippen molar-refractivity contribution in [1.82, 2.24) is 20.9 Å². The zero-order valence-corrected chi connectivity index (χ0v) is 32.1. The number of carbonyl (C=O) groups is 6. The predicted molar refractivity (Wildman–Crippen MR) is 197 cm³/mol. The van der Waals surface area contributed by atoms with Gasteiger partial charge in [-0.25, -0.2) is 0 Å². The molecule has 0 aromatic rings. The van der Waals surface area contributed by atoms with E-state index < -0.39 is 35.0 Å². The van der Waals surface area contributed by atoms with Gasteiger partial charge in [-0.15, -0.1) is 0 Å². The molecule has 0 spiro atoms. The molecule has 1 atom stereocenters. The number of unbranched alkanes of at least 4 members (excludes halogenated alkanes) is 9. The molecule has 51 heavy (non-hydrogen) atoms. The fraction of sp³-hybridized carbons (Fsp3) is 0.789. The molecule has 1 unspecified atom stereocenters. The molecular formula is C38H67N5O8. The van der Waals surface area contributed by atoms with Gasteiger partial charge in [0.25, 0.3) is 11.8 Å². The zero-order chi connectivity index (χ0) is 38.1. The molecule has 6 amide bonds. The smallest absolute Gasteiger partial charge is 0.253 e. The lowest BCUT2D eigenvalue weighted by molar-refractivity contribution is -0.137. The highest BCUT2D eigenvalue weighted by atomic mass is 16.5. The van der Waals surface area contributed by atoms with Gasteiger partial charge < -0.3 is 31.2 Å². The SMILES string of the molecule is CCCCCCCCCCCC(=O)NC(CCCCNC(=O)CCOC(C)(C)CCOC(C)(C)CCNC(=O)CCN1C(=O)C=CC1=O)C(N)=O. The van der Waals surface area contributed by atoms with Crippen molar-refractivity contribution in [2.24, 2.45) is 5.73 Å². The maximum Gasteiger partial charge on any atom is 0.253 e. The third kappa shape index (κ3) is 23.0. The quantitative estimate of drug-likeness (QED) is 0.0601. The number of hydrogen-bond donors (Lipinski definition) is 4. The molecule has 0 aliphatic carbocycles. The molecule has 1 rings (SSSR count). The predicted octanol–water partition coefficient (Wildman–Crippen LogP) is 4.36. The summed E-state index contributed by atoms with van der Waals surface area (Å²) in [6.45, 7) is 11.6. The minimum Gasteiger partial charge on any atom is -0.375 e. The molecule has 13 heteroatoms. The Labute approximate surface area is 305 Å². The Bertz CT molecular complexity index is 1110. The standard InChI is InChI=1S/C38H67N5O8/c1-6-7-8-9-10-11-12-13-14-18-33(46)42-30(36(39)49)17-15-16-25-40-32(45)22-28-50-38(4,5)24-29-51-37(2,3)23-26-41-31(44)21-27-43-34(47)19-20-35(43)48/h19-20,30H,6-18,21-29H2,1-5H3,(H2,39,49)(H,40,45)(H,41,44)(H,42,46). The van der Waals surface area contributed by atoms with E-state index in [9.17, 15) is 28.8 Å². The first-order chi connectivity index (χ1) is 24.2. The Morgan fingerprint density at radius 2 is 1.24 bits per heavy atom. The van der Waals surface area contributed by atoms with Crippen LogP contribution in [0.15, 0.2) is 12.2 Å². The number of amides is 6. The van der Waals surface area contributed by atoms with Gasteiger partial charge in [-0.2, -0.15) is 0 Å². The highest BCUT2D eigenvalue weighted by Gasteiger charge is 2.25. The molecule has 1 aliphatic rings. The van der Waals surface area contributed by atoms with E-state index in [0.717, 1.165) is 24.2 Å². The van der Waals surface area contributed by atoms with Crippen molar-refractivity contribution in [3.05, 3.63) is 12.2 Å². The molecule has 1 heterocycles. The normalized spacial score (nSPS) is 13.8. The van der Waals surface area contributed by atoms with Gasteiger partial charge >= 0.3 is 0 Å². The molecule has 0 radical (unpaired) electrons. The van der Waals surface area contributed by atoms with Crippen LogP contribution in [0.25, 0.3) is 0 Å². The second kappa shape index (κ2) is 25.6. The first kappa shape index (κ1) is 45.7. The summed E-state index contributed by atoms with van der Waals surface area (Å²) in [5.41, 5.74) is 4.51. The van der Waals surface area contributed by atoms with Gasteiger partial charge in [-0.05, 0) is 66.2 Å². The molecule has 0 saturated carbocycles. The first-order valence-corrected chi connectivity index (χ1v) is 19.1. The van der Waals surface area contributed by atoms with Crippen LogP contribution in [0.2, 0.25) is 0 Å². The van der Waals surface area contributed by atoms with Crippen molar-refractivity contribution < 1.29 is 38.2 Å². The molecule has 0 aromatic carbocycles. The molecule has 1 aliphatic heterocycles. The summed E-state index contributed by atoms with van der Waals surface area (Å²) in [5, 5.41) is 8.45. The molecule has 0 bridgehead atoms. The highest BCUT2D eigenvalue weighted by Crippen LogP contribution is 2.20. The van der Waals surface area contributed by atoms with Gasteiger partial charge in [0.15, 0.2) is 0 Å². The second-order valence-electron chi connectivity index (χ2n) is 14.7. The number of nitrogens with zero attached hydrogens (tertiary/aromatic N) is 1. The van der Waals surface area contributed by atoms with Crippen LogP contribution < -0.4 is 21.7 Å². The van der Waals surface area contributed by atoms with E-state index >= 15 is 0 Å². The van der Waals surface area contributed by atoms with Crippen LogP contribution in [0.1, 0.15) is 144 Å². The monoisotopic (exact) mass is 721 g/mol. The molecular weight excluding hydrogens is 654 g/mol. The van der Waals surface area contributed by atoms with E-state index in [1.807, 2.05) is 27.7 Å². The van der Waals surface area contributed by atoms with Crippen LogP contribution in [0.3, 0.4) is 0 Å². The van der Waals surface area contributed by atoms with Crippen molar-refractivity contribution in [2.45, 2.75) is 161 Å². The molecule has 0 saturated heterocycles. The van der Waals surface area contributed by atoms with Crippen LogP contribution in [0.5, 0.6) is 0 Å².